The number of rotatable bonds is 3. The zero-order valence-corrected chi connectivity index (χ0v) is 8.19. The van der Waals surface area contributed by atoms with E-state index in [9.17, 15) is 4.39 Å². The smallest absolute Gasteiger partial charge is 0.123 e. The van der Waals surface area contributed by atoms with Gasteiger partial charge in [0.1, 0.15) is 5.82 Å². The molecule has 0 radical (unpaired) electrons. The van der Waals surface area contributed by atoms with Crippen LogP contribution in [0.3, 0.4) is 0 Å². The Labute approximate surface area is 87.5 Å². The quantitative estimate of drug-likeness (QED) is 0.836. The Morgan fingerprint density at radius 3 is 2.87 bits per heavy atom. The first-order valence-corrected chi connectivity index (χ1v) is 4.78. The lowest BCUT2D eigenvalue weighted by atomic mass is 10.0. The third-order valence-electron chi connectivity index (χ3n) is 2.31. The first-order chi connectivity index (χ1) is 7.25. The summed E-state index contributed by atoms with van der Waals surface area (Å²) in [7, 11) is 0. The lowest BCUT2D eigenvalue weighted by Gasteiger charge is -2.10. The summed E-state index contributed by atoms with van der Waals surface area (Å²) >= 11 is 0. The van der Waals surface area contributed by atoms with E-state index < -0.39 is 0 Å². The number of nitrogens with two attached hydrogens (primary N) is 1. The third-order valence-corrected chi connectivity index (χ3v) is 2.31. The van der Waals surface area contributed by atoms with E-state index in [2.05, 4.69) is 0 Å². The summed E-state index contributed by atoms with van der Waals surface area (Å²) in [5.74, 6) is -0.254. The summed E-state index contributed by atoms with van der Waals surface area (Å²) < 4.78 is 17.9. The number of hydrogen-bond donors (Lipinski definition) is 1. The predicted octanol–water partition coefficient (Wildman–Crippen LogP) is 2.66. The molecule has 1 atom stereocenters. The van der Waals surface area contributed by atoms with Crippen LogP contribution in [0.15, 0.2) is 47.3 Å². The third kappa shape index (κ3) is 2.44. The molecule has 0 aliphatic carbocycles. The average molecular weight is 205 g/mol. The van der Waals surface area contributed by atoms with Crippen LogP contribution in [0.4, 0.5) is 4.39 Å². The van der Waals surface area contributed by atoms with Gasteiger partial charge >= 0.3 is 0 Å². The highest BCUT2D eigenvalue weighted by atomic mass is 19.1. The molecule has 0 spiro atoms. The topological polar surface area (TPSA) is 39.2 Å². The van der Waals surface area contributed by atoms with Gasteiger partial charge in [-0.1, -0.05) is 12.1 Å². The molecular weight excluding hydrogens is 193 g/mol. The van der Waals surface area contributed by atoms with Gasteiger partial charge in [0.25, 0.3) is 0 Å². The Morgan fingerprint density at radius 1 is 1.33 bits per heavy atom. The second-order valence-electron chi connectivity index (χ2n) is 3.50. The molecule has 2 aromatic rings. The summed E-state index contributed by atoms with van der Waals surface area (Å²) in [6.07, 6.45) is 3.91. The lowest BCUT2D eigenvalue weighted by Crippen LogP contribution is -2.13. The van der Waals surface area contributed by atoms with Crippen LogP contribution in [-0.2, 0) is 6.42 Å². The molecule has 0 bridgehead atoms. The van der Waals surface area contributed by atoms with Crippen LogP contribution in [0.1, 0.15) is 17.2 Å². The van der Waals surface area contributed by atoms with Crippen LogP contribution in [0.2, 0.25) is 0 Å². The van der Waals surface area contributed by atoms with Crippen LogP contribution < -0.4 is 5.73 Å². The Hall–Kier alpha value is -1.61. The molecule has 0 amide bonds. The van der Waals surface area contributed by atoms with Gasteiger partial charge in [0.2, 0.25) is 0 Å². The minimum atomic E-state index is -0.254. The zero-order valence-electron chi connectivity index (χ0n) is 8.19. The van der Waals surface area contributed by atoms with E-state index in [0.717, 1.165) is 11.1 Å². The van der Waals surface area contributed by atoms with Crippen molar-refractivity contribution in [3.05, 3.63) is 59.8 Å². The van der Waals surface area contributed by atoms with Gasteiger partial charge in [-0.15, -0.1) is 0 Å². The molecule has 0 aliphatic rings. The molecule has 1 unspecified atom stereocenters. The molecule has 0 aliphatic heterocycles. The summed E-state index contributed by atoms with van der Waals surface area (Å²) in [6, 6.07) is 8.03. The minimum Gasteiger partial charge on any atom is -0.472 e. The number of benzene rings is 1. The standard InChI is InChI=1S/C12H12FNO/c13-11-3-1-2-10(7-11)12(14)6-9-4-5-15-8-9/h1-5,7-8,12H,6,14H2. The van der Waals surface area contributed by atoms with Gasteiger partial charge in [0.15, 0.2) is 0 Å². The monoisotopic (exact) mass is 205 g/mol. The number of halogens is 1. The molecule has 3 heteroatoms. The number of hydrogen-bond acceptors (Lipinski definition) is 2. The molecular formula is C12H12FNO. The molecule has 0 fully saturated rings. The minimum absolute atomic E-state index is 0.196. The van der Waals surface area contributed by atoms with E-state index in [1.54, 1.807) is 18.6 Å². The highest BCUT2D eigenvalue weighted by molar-refractivity contribution is 5.22. The molecule has 0 saturated carbocycles. The number of furan rings is 1. The normalized spacial score (nSPS) is 12.7. The average Bonchev–Trinajstić information content (AvgIpc) is 2.70. The molecule has 0 saturated heterocycles. The maximum atomic E-state index is 12.9. The van der Waals surface area contributed by atoms with Gasteiger partial charge in [0.05, 0.1) is 12.5 Å². The van der Waals surface area contributed by atoms with Crippen LogP contribution in [0.5, 0.6) is 0 Å². The van der Waals surface area contributed by atoms with E-state index >= 15 is 0 Å². The van der Waals surface area contributed by atoms with Crippen molar-refractivity contribution in [2.45, 2.75) is 12.5 Å². The van der Waals surface area contributed by atoms with Crippen molar-refractivity contribution in [1.82, 2.24) is 0 Å². The van der Waals surface area contributed by atoms with Crippen LogP contribution in [-0.4, -0.2) is 0 Å². The fourth-order valence-corrected chi connectivity index (χ4v) is 1.52. The fourth-order valence-electron chi connectivity index (χ4n) is 1.52. The molecule has 15 heavy (non-hydrogen) atoms. The highest BCUT2D eigenvalue weighted by Gasteiger charge is 2.08. The first kappa shape index (κ1) is 9.93. The summed E-state index contributed by atoms with van der Waals surface area (Å²) in [5.41, 5.74) is 7.77. The predicted molar refractivity (Wildman–Crippen MR) is 55.7 cm³/mol. The van der Waals surface area contributed by atoms with Gasteiger partial charge in [-0.05, 0) is 35.7 Å². The van der Waals surface area contributed by atoms with Gasteiger partial charge in [-0.25, -0.2) is 4.39 Å². The van der Waals surface area contributed by atoms with Crippen LogP contribution >= 0.6 is 0 Å². The SMILES string of the molecule is NC(Cc1ccoc1)c1cccc(F)c1. The van der Waals surface area contributed by atoms with Crippen molar-refractivity contribution in [3.63, 3.8) is 0 Å². The molecule has 2 N–H and O–H groups in total. The summed E-state index contributed by atoms with van der Waals surface area (Å²) in [6.45, 7) is 0. The van der Waals surface area contributed by atoms with E-state index in [1.807, 2.05) is 12.1 Å². The van der Waals surface area contributed by atoms with Crippen molar-refractivity contribution in [2.24, 2.45) is 5.73 Å². The summed E-state index contributed by atoms with van der Waals surface area (Å²) in [4.78, 5) is 0. The van der Waals surface area contributed by atoms with Crippen molar-refractivity contribution >= 4 is 0 Å². The Balaban J connectivity index is 2.11. The molecule has 78 valence electrons. The molecule has 2 nitrogen and oxygen atoms in total. The fraction of sp³-hybridized carbons (Fsp3) is 0.167. The molecule has 1 aromatic heterocycles. The Bertz CT molecular complexity index is 425. The Kier molecular flexibility index (Phi) is 2.83. The maximum Gasteiger partial charge on any atom is 0.123 e. The van der Waals surface area contributed by atoms with Crippen molar-refractivity contribution in [3.8, 4) is 0 Å². The zero-order chi connectivity index (χ0) is 10.7. The van der Waals surface area contributed by atoms with Crippen molar-refractivity contribution in [1.29, 1.82) is 0 Å². The van der Waals surface area contributed by atoms with Crippen LogP contribution in [0.25, 0.3) is 0 Å². The molecule has 1 heterocycles. The van der Waals surface area contributed by atoms with Crippen molar-refractivity contribution < 1.29 is 8.81 Å². The summed E-state index contributed by atoms with van der Waals surface area (Å²) in [5, 5.41) is 0. The van der Waals surface area contributed by atoms with E-state index in [0.29, 0.717) is 6.42 Å². The van der Waals surface area contributed by atoms with Crippen LogP contribution in [0, 0.1) is 5.82 Å². The highest BCUT2D eigenvalue weighted by Crippen LogP contribution is 2.16. The van der Waals surface area contributed by atoms with E-state index in [-0.39, 0.29) is 11.9 Å². The largest absolute Gasteiger partial charge is 0.472 e. The second kappa shape index (κ2) is 4.28. The van der Waals surface area contributed by atoms with E-state index in [1.165, 1.54) is 12.1 Å². The van der Waals surface area contributed by atoms with Gasteiger partial charge in [-0.3, -0.25) is 0 Å². The van der Waals surface area contributed by atoms with Gasteiger partial charge in [-0.2, -0.15) is 0 Å². The Morgan fingerprint density at radius 2 is 2.20 bits per heavy atom. The second-order valence-corrected chi connectivity index (χ2v) is 3.50. The van der Waals surface area contributed by atoms with E-state index in [4.69, 9.17) is 10.2 Å². The first-order valence-electron chi connectivity index (χ1n) is 4.78. The maximum absolute atomic E-state index is 12.9. The van der Waals surface area contributed by atoms with Gasteiger partial charge in [0, 0.05) is 6.04 Å². The molecule has 2 rings (SSSR count). The van der Waals surface area contributed by atoms with Gasteiger partial charge < -0.3 is 10.2 Å². The molecule has 1 aromatic carbocycles. The lowest BCUT2D eigenvalue weighted by molar-refractivity contribution is 0.561. The van der Waals surface area contributed by atoms with Crippen molar-refractivity contribution in [2.75, 3.05) is 0 Å².